The molecule has 5 amide bonds. The predicted octanol–water partition coefficient (Wildman–Crippen LogP) is -4.45. The van der Waals surface area contributed by atoms with Gasteiger partial charge < -0.3 is 67.7 Å². The molecule has 0 bridgehead atoms. The maximum absolute atomic E-state index is 13.7. The number of aliphatic hydroxyl groups is 4. The summed E-state index contributed by atoms with van der Waals surface area (Å²) >= 11 is 0. The summed E-state index contributed by atoms with van der Waals surface area (Å²) in [6.07, 6.45) is -7.68. The molecule has 18 nitrogen and oxygen atoms in total. The van der Waals surface area contributed by atoms with Gasteiger partial charge in [0, 0.05) is 12.8 Å². The van der Waals surface area contributed by atoms with Crippen molar-refractivity contribution in [3.63, 3.8) is 0 Å². The largest absolute Gasteiger partial charge is 0.508 e. The molecule has 13 N–H and O–H groups in total. The van der Waals surface area contributed by atoms with Gasteiger partial charge in [-0.3, -0.25) is 24.0 Å². The van der Waals surface area contributed by atoms with Crippen LogP contribution < -0.4 is 32.7 Å². The predicted molar refractivity (Wildman–Crippen MR) is 181 cm³/mol. The Labute approximate surface area is 298 Å². The Kier molecular flexibility index (Phi) is 13.3. The molecule has 18 heteroatoms. The zero-order valence-electron chi connectivity index (χ0n) is 28.7. The van der Waals surface area contributed by atoms with E-state index in [9.17, 15) is 49.5 Å². The number of rotatable bonds is 15. The van der Waals surface area contributed by atoms with Gasteiger partial charge in [-0.15, -0.1) is 0 Å². The Morgan fingerprint density at radius 2 is 1.54 bits per heavy atom. The summed E-state index contributed by atoms with van der Waals surface area (Å²) in [7, 11) is 0. The number of aryl methyl sites for hydroxylation is 2. The minimum Gasteiger partial charge on any atom is -0.508 e. The smallest absolute Gasteiger partial charge is 0.246 e. The number of phenols is 1. The number of primary amides is 1. The Morgan fingerprint density at radius 1 is 0.942 bits per heavy atom. The number of nitrogens with two attached hydrogens (primary N) is 2. The second-order valence-corrected chi connectivity index (χ2v) is 13.1. The minimum atomic E-state index is -1.76. The highest BCUT2D eigenvalue weighted by molar-refractivity contribution is 5.97. The van der Waals surface area contributed by atoms with E-state index in [1.807, 2.05) is 0 Å². The zero-order chi connectivity index (χ0) is 38.3. The van der Waals surface area contributed by atoms with E-state index in [1.165, 1.54) is 0 Å². The van der Waals surface area contributed by atoms with Gasteiger partial charge in [0.05, 0.1) is 32.3 Å². The molecule has 0 radical (unpaired) electrons. The van der Waals surface area contributed by atoms with E-state index < -0.39 is 104 Å². The number of amides is 5. The summed E-state index contributed by atoms with van der Waals surface area (Å²) in [6, 6.07) is 7.77. The molecule has 1 aliphatic heterocycles. The van der Waals surface area contributed by atoms with Crippen LogP contribution in [0.3, 0.4) is 0 Å². The Balaban J connectivity index is 1.34. The first-order chi connectivity index (χ1) is 24.5. The molecule has 284 valence electrons. The summed E-state index contributed by atoms with van der Waals surface area (Å²) in [6.45, 7) is 1.06. The molecule has 0 aromatic heterocycles. The molecule has 0 spiro atoms. The van der Waals surface area contributed by atoms with Gasteiger partial charge in [0.2, 0.25) is 29.5 Å². The number of aromatic hydroxyl groups is 1. The van der Waals surface area contributed by atoms with Gasteiger partial charge in [-0.2, -0.15) is 0 Å². The van der Waals surface area contributed by atoms with Crippen molar-refractivity contribution in [1.29, 1.82) is 0 Å². The lowest BCUT2D eigenvalue weighted by Crippen LogP contribution is -2.62. The summed E-state index contributed by atoms with van der Waals surface area (Å²) in [5.41, 5.74) is 13.9. The van der Waals surface area contributed by atoms with Gasteiger partial charge in [0.25, 0.3) is 0 Å². The molecule has 4 rings (SSSR count). The molecule has 1 aliphatic carbocycles. The van der Waals surface area contributed by atoms with E-state index in [0.29, 0.717) is 0 Å². The van der Waals surface area contributed by atoms with Gasteiger partial charge in [-0.05, 0) is 60.2 Å². The fraction of sp³-hybridized carbons (Fsp3) is 0.500. The van der Waals surface area contributed by atoms with Crippen LogP contribution in [0.25, 0.3) is 0 Å². The van der Waals surface area contributed by atoms with E-state index >= 15 is 0 Å². The molecule has 2 aromatic rings. The first-order valence-electron chi connectivity index (χ1n) is 16.5. The molecular formula is C34H46N6O12. The quantitative estimate of drug-likeness (QED) is 0.0825. The second-order valence-electron chi connectivity index (χ2n) is 13.1. The van der Waals surface area contributed by atoms with E-state index in [0.717, 1.165) is 27.8 Å². The monoisotopic (exact) mass is 730 g/mol. The number of hydrogen-bond acceptors (Lipinski definition) is 13. The minimum absolute atomic E-state index is 0.0755. The maximum atomic E-state index is 13.7. The van der Waals surface area contributed by atoms with Crippen molar-refractivity contribution in [2.24, 2.45) is 11.5 Å². The fourth-order valence-corrected chi connectivity index (χ4v) is 6.30. The number of hydrogen-bond donors (Lipinski definition) is 11. The van der Waals surface area contributed by atoms with E-state index in [4.69, 9.17) is 20.9 Å². The van der Waals surface area contributed by atoms with E-state index in [1.54, 1.807) is 50.2 Å². The molecule has 2 aromatic carbocycles. The highest BCUT2D eigenvalue weighted by Crippen LogP contribution is 2.30. The molecular weight excluding hydrogens is 684 g/mol. The zero-order valence-corrected chi connectivity index (χ0v) is 28.7. The molecule has 7 atom stereocenters. The van der Waals surface area contributed by atoms with Crippen LogP contribution in [0, 0.1) is 13.8 Å². The van der Waals surface area contributed by atoms with E-state index in [2.05, 4.69) is 21.3 Å². The lowest BCUT2D eigenvalue weighted by molar-refractivity contribution is -0.301. The molecule has 3 unspecified atom stereocenters. The van der Waals surface area contributed by atoms with Crippen LogP contribution >= 0.6 is 0 Å². The van der Waals surface area contributed by atoms with Gasteiger partial charge >= 0.3 is 0 Å². The van der Waals surface area contributed by atoms with Gasteiger partial charge in [0.1, 0.15) is 41.7 Å². The third-order valence-corrected chi connectivity index (χ3v) is 9.14. The summed E-state index contributed by atoms with van der Waals surface area (Å²) < 4.78 is 10.5. The number of nitrogens with one attached hydrogen (secondary N) is 4. The van der Waals surface area contributed by atoms with Crippen LogP contribution in [0.5, 0.6) is 5.75 Å². The van der Waals surface area contributed by atoms with Crippen molar-refractivity contribution in [3.8, 4) is 5.75 Å². The highest BCUT2D eigenvalue weighted by Gasteiger charge is 2.46. The average Bonchev–Trinajstić information content (AvgIpc) is 3.48. The molecule has 2 aliphatic rings. The van der Waals surface area contributed by atoms with Crippen molar-refractivity contribution in [2.45, 2.75) is 81.4 Å². The third-order valence-electron chi connectivity index (χ3n) is 9.14. The summed E-state index contributed by atoms with van der Waals surface area (Å²) in [5.74, 6) is -3.84. The van der Waals surface area contributed by atoms with Crippen molar-refractivity contribution in [1.82, 2.24) is 21.3 Å². The summed E-state index contributed by atoms with van der Waals surface area (Å²) in [5, 5.41) is 59.2. The standard InChI is InChI=1S/C34H46N6O12/c1-16-7-20(42)8-17(2)21(16)9-22(35)31(49)37-13-26(44)40-34(10-18-5-3-4-6-19(18)11-34)33(50)38-12-25(43)39-23(30(36)48)15-51-32-29(47)28(46)27(45)24(14-41)52-32/h3-8,22-24,27-29,32,41-42,45-47H,9-15,35H2,1-2H3,(H2,36,48)(H,37,49)(H,38,50)(H,39,43)(H,40,44)/t22-,23-,24+,27?,28?,29?,32+/m0/s1. The Morgan fingerprint density at radius 3 is 2.12 bits per heavy atom. The number of carbonyl (C=O) groups excluding carboxylic acids is 5. The second kappa shape index (κ2) is 17.2. The van der Waals surface area contributed by atoms with E-state index in [-0.39, 0.29) is 25.0 Å². The number of benzene rings is 2. The topological polar surface area (TPSA) is 305 Å². The first-order valence-corrected chi connectivity index (χ1v) is 16.5. The van der Waals surface area contributed by atoms with Gasteiger partial charge in [-0.25, -0.2) is 0 Å². The normalized spacial score (nSPS) is 23.1. The number of ether oxygens (including phenoxy) is 2. The van der Waals surface area contributed by atoms with Crippen LogP contribution in [0.15, 0.2) is 36.4 Å². The van der Waals surface area contributed by atoms with Crippen LogP contribution in [0.2, 0.25) is 0 Å². The molecule has 1 saturated heterocycles. The van der Waals surface area contributed by atoms with Crippen molar-refractivity contribution >= 4 is 29.5 Å². The molecule has 1 heterocycles. The van der Waals surface area contributed by atoms with Crippen LogP contribution in [0.1, 0.15) is 27.8 Å². The van der Waals surface area contributed by atoms with Crippen molar-refractivity contribution in [3.05, 3.63) is 64.2 Å². The van der Waals surface area contributed by atoms with Gasteiger partial charge in [-0.1, -0.05) is 24.3 Å². The summed E-state index contributed by atoms with van der Waals surface area (Å²) in [4.78, 5) is 64.5. The molecule has 52 heavy (non-hydrogen) atoms. The van der Waals surface area contributed by atoms with Crippen molar-refractivity contribution < 1.29 is 59.0 Å². The lowest BCUT2D eigenvalue weighted by atomic mass is 9.94. The van der Waals surface area contributed by atoms with Crippen molar-refractivity contribution in [2.75, 3.05) is 26.3 Å². The highest BCUT2D eigenvalue weighted by atomic mass is 16.7. The third kappa shape index (κ3) is 9.59. The van der Waals surface area contributed by atoms with Crippen LogP contribution in [0.4, 0.5) is 0 Å². The number of aliphatic hydroxyl groups excluding tert-OH is 4. The number of carbonyl (C=O) groups is 5. The SMILES string of the molecule is Cc1cc(O)cc(C)c1C[C@H](N)C(=O)NCC(=O)NC1(C(=O)NCC(=O)N[C@@H](CO[C@@H]2O[C@H](CO)C(O)C(O)C2O)C(N)=O)Cc2ccccc2C1. The molecule has 1 fully saturated rings. The Bertz CT molecular complexity index is 1610. The van der Waals surface area contributed by atoms with Gasteiger partial charge in [0.15, 0.2) is 6.29 Å². The van der Waals surface area contributed by atoms with Crippen LogP contribution in [-0.4, -0.2) is 130 Å². The average molecular weight is 731 g/mol. The number of fused-ring (bicyclic) bond motifs is 1. The molecule has 0 saturated carbocycles. The fourth-order valence-electron chi connectivity index (χ4n) is 6.30. The Hall–Kier alpha value is -4.69. The maximum Gasteiger partial charge on any atom is 0.246 e. The first kappa shape index (κ1) is 40.1. The number of phenolic OH excluding ortho intramolecular Hbond substituents is 1. The van der Waals surface area contributed by atoms with Crippen LogP contribution in [-0.2, 0) is 52.7 Å². The lowest BCUT2D eigenvalue weighted by Gasteiger charge is -2.39.